The van der Waals surface area contributed by atoms with E-state index in [1.54, 1.807) is 6.26 Å². The molecule has 0 aliphatic carbocycles. The van der Waals surface area contributed by atoms with E-state index in [1.165, 1.54) is 12.1 Å². The zero-order chi connectivity index (χ0) is 13.8. The smallest absolute Gasteiger partial charge is 0.478 e. The maximum absolute atomic E-state index is 11.9. The number of carbonyl (C=O) groups is 1. The quantitative estimate of drug-likeness (QED) is 0.839. The third-order valence-corrected chi connectivity index (χ3v) is 2.36. The van der Waals surface area contributed by atoms with Crippen molar-refractivity contribution in [1.29, 1.82) is 0 Å². The molecule has 0 atom stereocenters. The Morgan fingerprint density at radius 3 is 2.22 bits per heavy atom. The van der Waals surface area contributed by atoms with Gasteiger partial charge in [0.05, 0.1) is 17.6 Å². The molecule has 9 heteroatoms. The lowest BCUT2D eigenvalue weighted by molar-refractivity contribution is -0.0369. The van der Waals surface area contributed by atoms with Gasteiger partial charge < -0.3 is 13.5 Å². The fourth-order valence-corrected chi connectivity index (χ4v) is 1.56. The average molecular weight is 300 g/mol. The van der Waals surface area contributed by atoms with Crippen LogP contribution in [0.1, 0.15) is 10.4 Å². The number of alkyl halides is 3. The van der Waals surface area contributed by atoms with Crippen LogP contribution in [0.2, 0.25) is 0 Å². The third-order valence-electron chi connectivity index (χ3n) is 1.54. The minimum absolute atomic E-state index is 0.0974. The first-order valence-electron chi connectivity index (χ1n) is 4.33. The molecule has 18 heavy (non-hydrogen) atoms. The third kappa shape index (κ3) is 4.96. The number of benzene rings is 1. The van der Waals surface area contributed by atoms with E-state index < -0.39 is 23.5 Å². The van der Waals surface area contributed by atoms with Crippen molar-refractivity contribution in [2.24, 2.45) is 0 Å². The van der Waals surface area contributed by atoms with Crippen LogP contribution >= 0.6 is 24.1 Å². The van der Waals surface area contributed by atoms with E-state index in [1.807, 2.05) is 0 Å². The molecule has 0 bridgehead atoms. The Morgan fingerprint density at radius 2 is 1.78 bits per heavy atom. The molecule has 0 unspecified atom stereocenters. The van der Waals surface area contributed by atoms with Crippen LogP contribution in [0.15, 0.2) is 18.2 Å². The summed E-state index contributed by atoms with van der Waals surface area (Å²) < 4.78 is 45.1. The van der Waals surface area contributed by atoms with Crippen molar-refractivity contribution in [3.05, 3.63) is 23.8 Å². The molecule has 0 fully saturated rings. The summed E-state index contributed by atoms with van der Waals surface area (Å²) in [6, 6.07) is 3.33. The molecule has 4 nitrogen and oxygen atoms in total. The Labute approximate surface area is 109 Å². The first-order chi connectivity index (χ1) is 8.31. The normalized spacial score (nSPS) is 11.1. The van der Waals surface area contributed by atoms with Gasteiger partial charge in [0, 0.05) is 12.3 Å². The highest BCUT2D eigenvalue weighted by atomic mass is 32.2. The van der Waals surface area contributed by atoms with Gasteiger partial charge in [0.25, 0.3) is 0 Å². The van der Waals surface area contributed by atoms with E-state index in [4.69, 9.17) is 9.29 Å². The summed E-state index contributed by atoms with van der Waals surface area (Å²) in [6.45, 7) is 0. The van der Waals surface area contributed by atoms with Gasteiger partial charge in [-0.15, -0.1) is 0 Å². The Kier molecular flexibility index (Phi) is 5.03. The maximum Gasteiger partial charge on any atom is 0.479 e. The molecule has 0 aromatic heterocycles. The Bertz CT molecular complexity index is 436. The number of rotatable bonds is 5. The van der Waals surface area contributed by atoms with Crippen LogP contribution in [-0.4, -0.2) is 22.8 Å². The minimum atomic E-state index is -4.57. The lowest BCUT2D eigenvalue weighted by Crippen LogP contribution is -2.03. The summed E-state index contributed by atoms with van der Waals surface area (Å²) in [4.78, 5) is 10.8. The molecule has 0 saturated heterocycles. The van der Waals surface area contributed by atoms with E-state index >= 15 is 0 Å². The Balaban J connectivity index is 2.92. The van der Waals surface area contributed by atoms with Crippen LogP contribution in [0, 0.1) is 0 Å². The molecular weight excluding hydrogens is 293 g/mol. The second kappa shape index (κ2) is 6.10. The second-order valence-corrected chi connectivity index (χ2v) is 4.16. The average Bonchev–Trinajstić information content (AvgIpc) is 2.25. The summed E-state index contributed by atoms with van der Waals surface area (Å²) in [5, 5.41) is 8.78. The summed E-state index contributed by atoms with van der Waals surface area (Å²) >= 11 is 0.209. The van der Waals surface area contributed by atoms with Gasteiger partial charge in [-0.05, 0) is 12.1 Å². The molecule has 1 aromatic carbocycles. The zero-order valence-electron chi connectivity index (χ0n) is 8.85. The monoisotopic (exact) mass is 300 g/mol. The van der Waals surface area contributed by atoms with Gasteiger partial charge in [-0.1, -0.05) is 0 Å². The fraction of sp³-hybridized carbons (Fsp3) is 0.222. The Hall–Kier alpha value is -1.22. The molecule has 1 rings (SSSR count). The van der Waals surface area contributed by atoms with Crippen LogP contribution in [0.5, 0.6) is 11.5 Å². The number of hydrogen-bond acceptors (Lipinski definition) is 5. The highest BCUT2D eigenvalue weighted by Crippen LogP contribution is 2.34. The number of aromatic carboxylic acids is 1. The van der Waals surface area contributed by atoms with Crippen LogP contribution < -0.4 is 8.37 Å². The largest absolute Gasteiger partial charge is 0.479 e. The Morgan fingerprint density at radius 1 is 1.22 bits per heavy atom. The van der Waals surface area contributed by atoms with Crippen molar-refractivity contribution in [2.45, 2.75) is 5.51 Å². The first kappa shape index (κ1) is 14.8. The first-order valence-corrected chi connectivity index (χ1v) is 6.22. The summed E-state index contributed by atoms with van der Waals surface area (Å²) in [6.07, 6.45) is 1.58. The van der Waals surface area contributed by atoms with Crippen molar-refractivity contribution >= 4 is 30.1 Å². The molecule has 100 valence electrons. The second-order valence-electron chi connectivity index (χ2n) is 2.86. The van der Waals surface area contributed by atoms with Crippen molar-refractivity contribution in [2.75, 3.05) is 6.26 Å². The molecule has 0 saturated carbocycles. The SMILES string of the molecule is CSOc1cc(OSC(F)(F)F)cc(C(=O)O)c1. The van der Waals surface area contributed by atoms with E-state index in [0.29, 0.717) is 0 Å². The van der Waals surface area contributed by atoms with Crippen molar-refractivity contribution < 1.29 is 31.4 Å². The van der Waals surface area contributed by atoms with Crippen molar-refractivity contribution in [3.8, 4) is 11.5 Å². The molecule has 1 aromatic rings. The standard InChI is InChI=1S/C9H7F3O4S2/c1-17-15-6-2-5(8(13)14)3-7(4-6)16-18-9(10,11)12/h2-4H,1H3,(H,13,14). The molecule has 0 spiro atoms. The lowest BCUT2D eigenvalue weighted by atomic mass is 10.2. The van der Waals surface area contributed by atoms with E-state index in [-0.39, 0.29) is 17.1 Å². The molecule has 0 heterocycles. The van der Waals surface area contributed by atoms with Crippen LogP contribution in [0.3, 0.4) is 0 Å². The predicted octanol–water partition coefficient (Wildman–Crippen LogP) is 3.59. The van der Waals surface area contributed by atoms with E-state index in [0.717, 1.165) is 18.1 Å². The zero-order valence-corrected chi connectivity index (χ0v) is 10.5. The molecule has 0 radical (unpaired) electrons. The summed E-state index contributed by atoms with van der Waals surface area (Å²) in [5.41, 5.74) is -4.79. The highest BCUT2D eigenvalue weighted by Gasteiger charge is 2.31. The van der Waals surface area contributed by atoms with Crippen molar-refractivity contribution in [1.82, 2.24) is 0 Å². The number of carboxylic acids is 1. The molecule has 0 aliphatic heterocycles. The molecular formula is C9H7F3O4S2. The van der Waals surface area contributed by atoms with Crippen LogP contribution in [0.4, 0.5) is 13.2 Å². The summed E-state index contributed by atoms with van der Waals surface area (Å²) in [5.74, 6) is -1.44. The lowest BCUT2D eigenvalue weighted by Gasteiger charge is -2.09. The number of carboxylic acid groups (broad SMARTS) is 1. The highest BCUT2D eigenvalue weighted by molar-refractivity contribution is 7.95. The summed E-state index contributed by atoms with van der Waals surface area (Å²) in [7, 11) is 0. The molecule has 0 amide bonds. The fourth-order valence-electron chi connectivity index (χ4n) is 0.983. The van der Waals surface area contributed by atoms with Gasteiger partial charge in [-0.2, -0.15) is 13.2 Å². The van der Waals surface area contributed by atoms with Gasteiger partial charge in [-0.3, -0.25) is 0 Å². The van der Waals surface area contributed by atoms with Gasteiger partial charge in [-0.25, -0.2) is 4.79 Å². The minimum Gasteiger partial charge on any atom is -0.478 e. The van der Waals surface area contributed by atoms with E-state index in [9.17, 15) is 18.0 Å². The van der Waals surface area contributed by atoms with Crippen LogP contribution in [-0.2, 0) is 0 Å². The van der Waals surface area contributed by atoms with Crippen molar-refractivity contribution in [3.63, 3.8) is 0 Å². The number of hydrogen-bond donors (Lipinski definition) is 1. The van der Waals surface area contributed by atoms with Gasteiger partial charge in [0.15, 0.2) is 12.0 Å². The van der Waals surface area contributed by atoms with E-state index in [2.05, 4.69) is 4.18 Å². The van der Waals surface area contributed by atoms with Crippen LogP contribution in [0.25, 0.3) is 0 Å². The van der Waals surface area contributed by atoms with Gasteiger partial charge in [0.2, 0.25) is 0 Å². The van der Waals surface area contributed by atoms with Gasteiger partial charge in [0.1, 0.15) is 11.5 Å². The van der Waals surface area contributed by atoms with Gasteiger partial charge >= 0.3 is 11.5 Å². The number of halogens is 3. The molecule has 1 N–H and O–H groups in total. The topological polar surface area (TPSA) is 55.8 Å². The predicted molar refractivity (Wildman–Crippen MR) is 61.8 cm³/mol. The maximum atomic E-state index is 11.9. The molecule has 0 aliphatic rings.